The van der Waals surface area contributed by atoms with Crippen molar-refractivity contribution < 1.29 is 9.90 Å². The first-order chi connectivity index (χ1) is 10.6. The molecule has 2 N–H and O–H groups in total. The molecular formula is C16H11ClN2O2S. The van der Waals surface area contributed by atoms with E-state index in [1.54, 1.807) is 18.2 Å². The third-order valence-corrected chi connectivity index (χ3v) is 4.06. The van der Waals surface area contributed by atoms with Gasteiger partial charge in [0.1, 0.15) is 5.75 Å². The van der Waals surface area contributed by atoms with Gasteiger partial charge < -0.3 is 10.4 Å². The number of halogens is 1. The van der Waals surface area contributed by atoms with Gasteiger partial charge in [0.05, 0.1) is 10.6 Å². The third kappa shape index (κ3) is 3.32. The molecule has 1 heterocycles. The van der Waals surface area contributed by atoms with Crippen molar-refractivity contribution in [3.05, 3.63) is 64.0 Å². The number of nitrogens with zero attached hydrogens (tertiary/aromatic N) is 1. The first kappa shape index (κ1) is 14.7. The Morgan fingerprint density at radius 1 is 1.18 bits per heavy atom. The van der Waals surface area contributed by atoms with Gasteiger partial charge in [0.2, 0.25) is 0 Å². The topological polar surface area (TPSA) is 61.7 Å². The van der Waals surface area contributed by atoms with Crippen molar-refractivity contribution in [2.75, 3.05) is 0 Å². The summed E-state index contributed by atoms with van der Waals surface area (Å²) in [7, 11) is 0. The first-order valence-electron chi connectivity index (χ1n) is 6.45. The number of nitrogens with one attached hydrogen (secondary N) is 1. The Morgan fingerprint density at radius 2 is 1.95 bits per heavy atom. The van der Waals surface area contributed by atoms with Crippen LogP contribution < -0.4 is 5.32 Å². The Bertz CT molecular complexity index is 788. The van der Waals surface area contributed by atoms with Gasteiger partial charge in [0.15, 0.2) is 5.17 Å². The van der Waals surface area contributed by atoms with E-state index < -0.39 is 0 Å². The minimum Gasteiger partial charge on any atom is -0.507 e. The second-order valence-electron chi connectivity index (χ2n) is 4.52. The van der Waals surface area contributed by atoms with E-state index in [4.69, 9.17) is 11.6 Å². The molecule has 110 valence electrons. The highest BCUT2D eigenvalue weighted by molar-refractivity contribution is 8.18. The van der Waals surface area contributed by atoms with Crippen LogP contribution in [0.2, 0.25) is 5.02 Å². The minimum atomic E-state index is -0.251. The lowest BCUT2D eigenvalue weighted by Gasteiger charge is -2.00. The van der Waals surface area contributed by atoms with Crippen molar-refractivity contribution in [3.63, 3.8) is 0 Å². The molecule has 1 amide bonds. The largest absolute Gasteiger partial charge is 0.507 e. The fourth-order valence-electron chi connectivity index (χ4n) is 1.88. The van der Waals surface area contributed by atoms with Crippen molar-refractivity contribution in [2.45, 2.75) is 0 Å². The number of benzene rings is 2. The highest BCUT2D eigenvalue weighted by Crippen LogP contribution is 2.31. The van der Waals surface area contributed by atoms with Crippen LogP contribution in [0.25, 0.3) is 6.08 Å². The number of amides is 1. The zero-order valence-electron chi connectivity index (χ0n) is 11.3. The lowest BCUT2D eigenvalue weighted by atomic mass is 10.2. The van der Waals surface area contributed by atoms with Crippen LogP contribution in [-0.4, -0.2) is 16.2 Å². The average molecular weight is 331 g/mol. The smallest absolute Gasteiger partial charge is 0.264 e. The molecule has 0 saturated carbocycles. The molecule has 1 aliphatic rings. The van der Waals surface area contributed by atoms with Gasteiger partial charge in [-0.25, -0.2) is 4.99 Å². The van der Waals surface area contributed by atoms with Crippen LogP contribution in [0.5, 0.6) is 5.75 Å². The van der Waals surface area contributed by atoms with Crippen molar-refractivity contribution in [3.8, 4) is 5.75 Å². The van der Waals surface area contributed by atoms with Crippen molar-refractivity contribution in [1.82, 2.24) is 5.32 Å². The molecule has 1 aliphatic heterocycles. The number of carbonyl (C=O) groups excluding carboxylic acids is 1. The summed E-state index contributed by atoms with van der Waals surface area (Å²) < 4.78 is 0. The number of aliphatic imine (C=N–C) groups is 1. The Balaban J connectivity index is 1.87. The Kier molecular flexibility index (Phi) is 4.18. The number of thioether (sulfide) groups is 1. The number of para-hydroxylation sites is 1. The maximum atomic E-state index is 12.0. The number of amidine groups is 1. The van der Waals surface area contributed by atoms with Crippen molar-refractivity contribution >= 4 is 46.2 Å². The van der Waals surface area contributed by atoms with E-state index in [0.29, 0.717) is 20.7 Å². The molecule has 1 fully saturated rings. The summed E-state index contributed by atoms with van der Waals surface area (Å²) in [4.78, 5) is 16.8. The molecule has 0 bridgehead atoms. The molecule has 0 aromatic heterocycles. The predicted octanol–water partition coefficient (Wildman–Crippen LogP) is 3.94. The van der Waals surface area contributed by atoms with E-state index in [0.717, 1.165) is 5.69 Å². The quantitative estimate of drug-likeness (QED) is 0.820. The Morgan fingerprint density at radius 3 is 2.73 bits per heavy atom. The SMILES string of the molecule is O=C1NC(=Nc2ccccc2)S/C1=C/c1cc(Cl)ccc1O. The molecule has 2 aromatic carbocycles. The fourth-order valence-corrected chi connectivity index (χ4v) is 2.90. The summed E-state index contributed by atoms with van der Waals surface area (Å²) in [5.74, 6) is -0.183. The van der Waals surface area contributed by atoms with E-state index in [2.05, 4.69) is 10.3 Å². The van der Waals surface area contributed by atoms with Crippen LogP contribution in [0.15, 0.2) is 58.4 Å². The number of hydrogen-bond donors (Lipinski definition) is 2. The normalized spacial score (nSPS) is 18.0. The Hall–Kier alpha value is -2.24. The maximum Gasteiger partial charge on any atom is 0.264 e. The molecule has 6 heteroatoms. The van der Waals surface area contributed by atoms with Gasteiger partial charge in [0.25, 0.3) is 5.91 Å². The molecule has 0 spiro atoms. The zero-order valence-corrected chi connectivity index (χ0v) is 12.9. The zero-order chi connectivity index (χ0) is 15.5. The molecule has 4 nitrogen and oxygen atoms in total. The van der Waals surface area contributed by atoms with E-state index in [1.165, 1.54) is 17.8 Å². The van der Waals surface area contributed by atoms with Crippen LogP contribution in [0, 0.1) is 0 Å². The molecule has 0 aliphatic carbocycles. The van der Waals surface area contributed by atoms with E-state index in [9.17, 15) is 9.90 Å². The van der Waals surface area contributed by atoms with Gasteiger partial charge in [-0.15, -0.1) is 0 Å². The number of carbonyl (C=O) groups is 1. The number of phenols is 1. The molecular weight excluding hydrogens is 320 g/mol. The second kappa shape index (κ2) is 6.25. The summed E-state index contributed by atoms with van der Waals surface area (Å²) >= 11 is 7.12. The summed E-state index contributed by atoms with van der Waals surface area (Å²) in [6.45, 7) is 0. The number of phenolic OH excluding ortho intramolecular Hbond substituents is 1. The van der Waals surface area contributed by atoms with Crippen LogP contribution in [0.1, 0.15) is 5.56 Å². The number of aromatic hydroxyl groups is 1. The van der Waals surface area contributed by atoms with Crippen LogP contribution in [0.3, 0.4) is 0 Å². The summed E-state index contributed by atoms with van der Waals surface area (Å²) in [6.07, 6.45) is 1.59. The van der Waals surface area contributed by atoms with Gasteiger partial charge in [0, 0.05) is 10.6 Å². The molecule has 2 aromatic rings. The summed E-state index contributed by atoms with van der Waals surface area (Å²) in [5.41, 5.74) is 1.25. The lowest BCUT2D eigenvalue weighted by molar-refractivity contribution is -0.115. The predicted molar refractivity (Wildman–Crippen MR) is 90.4 cm³/mol. The monoisotopic (exact) mass is 330 g/mol. The minimum absolute atomic E-state index is 0.0683. The molecule has 1 saturated heterocycles. The van der Waals surface area contributed by atoms with Crippen LogP contribution in [-0.2, 0) is 4.79 Å². The number of hydrogen-bond acceptors (Lipinski definition) is 4. The van der Waals surface area contributed by atoms with Crippen molar-refractivity contribution in [2.24, 2.45) is 4.99 Å². The molecule has 0 radical (unpaired) electrons. The van der Waals surface area contributed by atoms with Crippen LogP contribution in [0.4, 0.5) is 5.69 Å². The van der Waals surface area contributed by atoms with Gasteiger partial charge in [-0.05, 0) is 48.2 Å². The molecule has 22 heavy (non-hydrogen) atoms. The maximum absolute atomic E-state index is 12.0. The van der Waals surface area contributed by atoms with Crippen molar-refractivity contribution in [1.29, 1.82) is 0 Å². The van der Waals surface area contributed by atoms with Gasteiger partial charge in [-0.2, -0.15) is 0 Å². The van der Waals surface area contributed by atoms with Crippen LogP contribution >= 0.6 is 23.4 Å². The number of rotatable bonds is 2. The summed E-state index contributed by atoms with van der Waals surface area (Å²) in [5, 5.41) is 13.5. The van der Waals surface area contributed by atoms with Gasteiger partial charge >= 0.3 is 0 Å². The van der Waals surface area contributed by atoms with Gasteiger partial charge in [-0.3, -0.25) is 4.79 Å². The Labute approximate surface area is 136 Å². The lowest BCUT2D eigenvalue weighted by Crippen LogP contribution is -2.19. The van der Waals surface area contributed by atoms with Gasteiger partial charge in [-0.1, -0.05) is 29.8 Å². The third-order valence-electron chi connectivity index (χ3n) is 2.91. The molecule has 3 rings (SSSR count). The van der Waals surface area contributed by atoms with E-state index in [1.807, 2.05) is 30.3 Å². The first-order valence-corrected chi connectivity index (χ1v) is 7.64. The highest BCUT2D eigenvalue weighted by Gasteiger charge is 2.24. The summed E-state index contributed by atoms with van der Waals surface area (Å²) in [6, 6.07) is 14.0. The van der Waals surface area contributed by atoms with E-state index >= 15 is 0 Å². The average Bonchev–Trinajstić information content (AvgIpc) is 2.84. The van der Waals surface area contributed by atoms with E-state index in [-0.39, 0.29) is 11.7 Å². The molecule has 0 unspecified atom stereocenters. The fraction of sp³-hybridized carbons (Fsp3) is 0. The highest BCUT2D eigenvalue weighted by atomic mass is 35.5. The second-order valence-corrected chi connectivity index (χ2v) is 5.99. The standard InChI is InChI=1S/C16H11ClN2O2S/c17-11-6-7-13(20)10(8-11)9-14-15(21)19-16(22-14)18-12-4-2-1-3-5-12/h1-9,20H,(H,18,19,21)/b14-9+. The molecule has 0 atom stereocenters.